The lowest BCUT2D eigenvalue weighted by molar-refractivity contribution is -0.138. The molecule has 2 nitrogen and oxygen atoms in total. The summed E-state index contributed by atoms with van der Waals surface area (Å²) in [6.07, 6.45) is 16.1. The summed E-state index contributed by atoms with van der Waals surface area (Å²) in [5.41, 5.74) is 2.61. The summed E-state index contributed by atoms with van der Waals surface area (Å²) in [4.78, 5) is 11.3. The van der Waals surface area contributed by atoms with Gasteiger partial charge in [0, 0.05) is 5.41 Å². The van der Waals surface area contributed by atoms with E-state index in [1.807, 2.05) is 12.2 Å². The van der Waals surface area contributed by atoms with Crippen molar-refractivity contribution >= 4 is 5.97 Å². The molecule has 0 amide bonds. The minimum absolute atomic E-state index is 0.147. The number of allylic oxidation sites excluding steroid dienone is 2. The fraction of sp³-hybridized carbons (Fsp3) is 0.500. The summed E-state index contributed by atoms with van der Waals surface area (Å²) in [5, 5.41) is 9.26. The molecule has 1 aromatic carbocycles. The first-order valence-electron chi connectivity index (χ1n) is 9.33. The van der Waals surface area contributed by atoms with E-state index >= 15 is 0 Å². The highest BCUT2D eigenvalue weighted by molar-refractivity contribution is 5.75. The quantitative estimate of drug-likeness (QED) is 0.468. The predicted octanol–water partition coefficient (Wildman–Crippen LogP) is 5.67. The van der Waals surface area contributed by atoms with Gasteiger partial charge < -0.3 is 5.11 Å². The molecule has 0 heterocycles. The Bertz CT molecular complexity index is 584. The van der Waals surface area contributed by atoms with E-state index in [4.69, 9.17) is 0 Å². The number of carbonyl (C=O) groups is 1. The minimum Gasteiger partial charge on any atom is -0.481 e. The zero-order valence-corrected chi connectivity index (χ0v) is 15.0. The standard InChI is InChI=1S/C22H30O2/c1-3-5-9-15-22(16-13-19(14-17-22)21(23)24)20-12-8-7-11-18(20)10-6-4-2/h7-8,11-14,16-17,19H,3-6,9-10,15H2,1-2H3,(H,23,24). The summed E-state index contributed by atoms with van der Waals surface area (Å²) in [6, 6.07) is 8.69. The topological polar surface area (TPSA) is 37.3 Å². The molecule has 130 valence electrons. The van der Waals surface area contributed by atoms with Crippen LogP contribution in [0.1, 0.15) is 63.5 Å². The number of rotatable bonds is 9. The first kappa shape index (κ1) is 18.5. The lowest BCUT2D eigenvalue weighted by Gasteiger charge is -2.33. The van der Waals surface area contributed by atoms with E-state index in [0.29, 0.717) is 0 Å². The largest absolute Gasteiger partial charge is 0.481 e. The minimum atomic E-state index is -0.774. The van der Waals surface area contributed by atoms with Gasteiger partial charge in [-0.1, -0.05) is 88.1 Å². The van der Waals surface area contributed by atoms with Crippen molar-refractivity contribution in [3.63, 3.8) is 0 Å². The SMILES string of the molecule is CCCCCC1(c2ccccc2CCCC)C=CC(C(=O)O)C=C1. The van der Waals surface area contributed by atoms with Crippen LogP contribution in [0.25, 0.3) is 0 Å². The van der Waals surface area contributed by atoms with E-state index in [9.17, 15) is 9.90 Å². The van der Waals surface area contributed by atoms with Crippen molar-refractivity contribution in [3.8, 4) is 0 Å². The third-order valence-corrected chi connectivity index (χ3v) is 5.00. The van der Waals surface area contributed by atoms with Gasteiger partial charge in [0.05, 0.1) is 5.92 Å². The molecule has 24 heavy (non-hydrogen) atoms. The van der Waals surface area contributed by atoms with Crippen LogP contribution in [0.5, 0.6) is 0 Å². The second-order valence-corrected chi connectivity index (χ2v) is 6.84. The molecule has 1 N–H and O–H groups in total. The maximum absolute atomic E-state index is 11.3. The normalized spacial score (nSPS) is 22.7. The van der Waals surface area contributed by atoms with Crippen LogP contribution in [0.4, 0.5) is 0 Å². The number of hydrogen-bond acceptors (Lipinski definition) is 1. The Morgan fingerprint density at radius 2 is 1.71 bits per heavy atom. The van der Waals surface area contributed by atoms with Crippen LogP contribution in [0.2, 0.25) is 0 Å². The van der Waals surface area contributed by atoms with Gasteiger partial charge in [-0.05, 0) is 30.4 Å². The maximum Gasteiger partial charge on any atom is 0.314 e. The highest BCUT2D eigenvalue weighted by Gasteiger charge is 2.31. The lowest BCUT2D eigenvalue weighted by atomic mass is 9.70. The zero-order valence-electron chi connectivity index (χ0n) is 15.0. The Balaban J connectivity index is 2.36. The van der Waals surface area contributed by atoms with E-state index < -0.39 is 11.9 Å². The molecule has 1 aliphatic carbocycles. The molecule has 2 rings (SSSR count). The number of aryl methyl sites for hydroxylation is 1. The van der Waals surface area contributed by atoms with E-state index in [1.54, 1.807) is 0 Å². The third-order valence-electron chi connectivity index (χ3n) is 5.00. The predicted molar refractivity (Wildman–Crippen MR) is 100 cm³/mol. The molecule has 0 aromatic heterocycles. The van der Waals surface area contributed by atoms with Crippen molar-refractivity contribution in [2.75, 3.05) is 0 Å². The molecule has 0 saturated carbocycles. The molecule has 0 atom stereocenters. The van der Waals surface area contributed by atoms with E-state index in [1.165, 1.54) is 36.8 Å². The molecular weight excluding hydrogens is 296 g/mol. The van der Waals surface area contributed by atoms with Gasteiger partial charge in [0.1, 0.15) is 0 Å². The molecule has 0 unspecified atom stereocenters. The first-order valence-corrected chi connectivity index (χ1v) is 9.33. The number of carboxylic acids is 1. The van der Waals surface area contributed by atoms with Crippen molar-refractivity contribution in [2.24, 2.45) is 5.92 Å². The molecule has 1 aromatic rings. The van der Waals surface area contributed by atoms with Crippen LogP contribution in [-0.4, -0.2) is 11.1 Å². The molecular formula is C22H30O2. The average molecular weight is 326 g/mol. The molecule has 0 fully saturated rings. The Hall–Kier alpha value is -1.83. The second-order valence-electron chi connectivity index (χ2n) is 6.84. The number of unbranched alkanes of at least 4 members (excludes halogenated alkanes) is 3. The monoisotopic (exact) mass is 326 g/mol. The van der Waals surface area contributed by atoms with Crippen LogP contribution in [0, 0.1) is 5.92 Å². The third kappa shape index (κ3) is 4.37. The Labute approximate surface area is 146 Å². The number of benzene rings is 1. The van der Waals surface area contributed by atoms with Crippen molar-refractivity contribution in [2.45, 2.75) is 64.2 Å². The van der Waals surface area contributed by atoms with Crippen LogP contribution in [0.3, 0.4) is 0 Å². The molecule has 2 heteroatoms. The Morgan fingerprint density at radius 3 is 2.33 bits per heavy atom. The number of hydrogen-bond donors (Lipinski definition) is 1. The van der Waals surface area contributed by atoms with Crippen molar-refractivity contribution in [1.29, 1.82) is 0 Å². The molecule has 0 aliphatic heterocycles. The fourth-order valence-corrected chi connectivity index (χ4v) is 3.54. The maximum atomic E-state index is 11.3. The first-order chi connectivity index (χ1) is 11.6. The number of aliphatic carboxylic acids is 1. The molecule has 1 aliphatic rings. The second kappa shape index (κ2) is 8.86. The van der Waals surface area contributed by atoms with Gasteiger partial charge in [-0.3, -0.25) is 4.79 Å². The lowest BCUT2D eigenvalue weighted by Crippen LogP contribution is -2.27. The average Bonchev–Trinajstić information content (AvgIpc) is 2.61. The summed E-state index contributed by atoms with van der Waals surface area (Å²) in [5.74, 6) is -1.27. The number of carboxylic acid groups (broad SMARTS) is 1. The van der Waals surface area contributed by atoms with Gasteiger partial charge in [-0.2, -0.15) is 0 Å². The van der Waals surface area contributed by atoms with Gasteiger partial charge in [-0.15, -0.1) is 0 Å². The highest BCUT2D eigenvalue weighted by atomic mass is 16.4. The van der Waals surface area contributed by atoms with Gasteiger partial charge >= 0.3 is 5.97 Å². The van der Waals surface area contributed by atoms with Crippen LogP contribution in [0.15, 0.2) is 48.6 Å². The van der Waals surface area contributed by atoms with Gasteiger partial charge in [-0.25, -0.2) is 0 Å². The molecule has 0 radical (unpaired) electrons. The van der Waals surface area contributed by atoms with Crippen molar-refractivity contribution in [3.05, 3.63) is 59.7 Å². The van der Waals surface area contributed by atoms with E-state index in [2.05, 4.69) is 50.3 Å². The Morgan fingerprint density at radius 1 is 1.04 bits per heavy atom. The van der Waals surface area contributed by atoms with Crippen LogP contribution < -0.4 is 0 Å². The molecule has 0 saturated heterocycles. The van der Waals surface area contributed by atoms with Crippen molar-refractivity contribution in [1.82, 2.24) is 0 Å². The van der Waals surface area contributed by atoms with E-state index in [0.717, 1.165) is 19.3 Å². The summed E-state index contributed by atoms with van der Waals surface area (Å²) >= 11 is 0. The van der Waals surface area contributed by atoms with Gasteiger partial charge in [0.15, 0.2) is 0 Å². The zero-order chi connectivity index (χ0) is 17.4. The summed E-state index contributed by atoms with van der Waals surface area (Å²) < 4.78 is 0. The highest BCUT2D eigenvalue weighted by Crippen LogP contribution is 2.39. The molecule has 0 bridgehead atoms. The van der Waals surface area contributed by atoms with Crippen molar-refractivity contribution < 1.29 is 9.90 Å². The fourth-order valence-electron chi connectivity index (χ4n) is 3.54. The van der Waals surface area contributed by atoms with Gasteiger partial charge in [0.25, 0.3) is 0 Å². The summed E-state index contributed by atoms with van der Waals surface area (Å²) in [6.45, 7) is 4.44. The Kier molecular flexibility index (Phi) is 6.84. The smallest absolute Gasteiger partial charge is 0.314 e. The van der Waals surface area contributed by atoms with Crippen LogP contribution in [-0.2, 0) is 16.6 Å². The van der Waals surface area contributed by atoms with E-state index in [-0.39, 0.29) is 5.41 Å². The summed E-state index contributed by atoms with van der Waals surface area (Å²) in [7, 11) is 0. The van der Waals surface area contributed by atoms with Gasteiger partial charge in [0.2, 0.25) is 0 Å². The van der Waals surface area contributed by atoms with Crippen LogP contribution >= 0.6 is 0 Å². The molecule has 0 spiro atoms.